The van der Waals surface area contributed by atoms with Crippen LogP contribution in [0.3, 0.4) is 0 Å². The van der Waals surface area contributed by atoms with Gasteiger partial charge in [0.05, 0.1) is 11.0 Å². The van der Waals surface area contributed by atoms with Crippen molar-refractivity contribution in [1.29, 1.82) is 0 Å². The van der Waals surface area contributed by atoms with Crippen LogP contribution < -0.4 is 10.4 Å². The Morgan fingerprint density at radius 1 is 1.31 bits per heavy atom. The summed E-state index contributed by atoms with van der Waals surface area (Å²) in [5.74, 6) is 0.664. The van der Waals surface area contributed by atoms with Crippen LogP contribution in [0.4, 0.5) is 0 Å². The van der Waals surface area contributed by atoms with E-state index in [-0.39, 0.29) is 24.1 Å². The monoisotopic (exact) mass is 399 g/mol. The highest BCUT2D eigenvalue weighted by Crippen LogP contribution is 2.39. The summed E-state index contributed by atoms with van der Waals surface area (Å²) in [5.41, 5.74) is 1.26. The van der Waals surface area contributed by atoms with Gasteiger partial charge in [0.1, 0.15) is 11.3 Å². The number of ether oxygens (including phenoxy) is 1. The van der Waals surface area contributed by atoms with Gasteiger partial charge in [-0.05, 0) is 55.9 Å². The summed E-state index contributed by atoms with van der Waals surface area (Å²) in [6.07, 6.45) is 5.31. The first kappa shape index (κ1) is 20.0. The van der Waals surface area contributed by atoms with Crippen LogP contribution in [0.5, 0.6) is 5.75 Å². The molecule has 6 heteroatoms. The van der Waals surface area contributed by atoms with Gasteiger partial charge in [-0.15, -0.1) is 0 Å². The van der Waals surface area contributed by atoms with E-state index < -0.39 is 5.60 Å². The SMILES string of the molecule is CCc1cc(=O)oc2cc(C)cc(OCC(=O)N3CC[C@]4(O)CCCC[C@@H]4C3)c12. The van der Waals surface area contributed by atoms with E-state index in [1.807, 2.05) is 30.9 Å². The molecule has 0 radical (unpaired) electrons. The third-order valence-electron chi connectivity index (χ3n) is 6.55. The van der Waals surface area contributed by atoms with Gasteiger partial charge in [-0.3, -0.25) is 4.79 Å². The average molecular weight is 399 g/mol. The maximum atomic E-state index is 12.8. The highest BCUT2D eigenvalue weighted by molar-refractivity contribution is 5.88. The molecular formula is C23H29NO5. The zero-order valence-corrected chi connectivity index (χ0v) is 17.2. The number of aliphatic hydroxyl groups is 1. The molecule has 1 aliphatic heterocycles. The molecule has 1 aromatic carbocycles. The number of piperidine rings is 1. The number of carbonyl (C=O) groups excluding carboxylic acids is 1. The minimum Gasteiger partial charge on any atom is -0.483 e. The van der Waals surface area contributed by atoms with Gasteiger partial charge in [-0.2, -0.15) is 0 Å². The summed E-state index contributed by atoms with van der Waals surface area (Å²) in [4.78, 5) is 26.5. The second-order valence-corrected chi connectivity index (χ2v) is 8.51. The number of hydrogen-bond donors (Lipinski definition) is 1. The van der Waals surface area contributed by atoms with E-state index in [9.17, 15) is 14.7 Å². The minimum absolute atomic E-state index is 0.0635. The molecule has 1 aromatic heterocycles. The van der Waals surface area contributed by atoms with Gasteiger partial charge in [-0.25, -0.2) is 4.79 Å². The van der Waals surface area contributed by atoms with Gasteiger partial charge in [-0.1, -0.05) is 19.8 Å². The Kier molecular flexibility index (Phi) is 5.38. The van der Waals surface area contributed by atoms with Gasteiger partial charge in [0.2, 0.25) is 0 Å². The van der Waals surface area contributed by atoms with Crippen LogP contribution in [-0.4, -0.2) is 41.2 Å². The quantitative estimate of drug-likeness (QED) is 0.799. The maximum Gasteiger partial charge on any atom is 0.336 e. The average Bonchev–Trinajstić information content (AvgIpc) is 2.69. The Morgan fingerprint density at radius 3 is 2.93 bits per heavy atom. The van der Waals surface area contributed by atoms with E-state index in [1.54, 1.807) is 0 Å². The number of carbonyl (C=O) groups is 1. The lowest BCUT2D eigenvalue weighted by molar-refractivity contribution is -0.145. The fourth-order valence-electron chi connectivity index (χ4n) is 4.89. The number of hydrogen-bond acceptors (Lipinski definition) is 5. The predicted octanol–water partition coefficient (Wildman–Crippen LogP) is 3.20. The van der Waals surface area contributed by atoms with Crippen molar-refractivity contribution in [3.63, 3.8) is 0 Å². The standard InChI is InChI=1S/C23H29NO5/c1-3-16-12-21(26)29-19-11-15(2)10-18(22(16)19)28-14-20(25)24-9-8-23(27)7-5-4-6-17(23)13-24/h10-12,17,27H,3-9,13-14H2,1-2H3/t17-,23-/m1/s1. The van der Waals surface area contributed by atoms with Crippen molar-refractivity contribution in [2.24, 2.45) is 5.92 Å². The minimum atomic E-state index is -0.601. The molecule has 0 unspecified atom stereocenters. The number of likely N-dealkylation sites (tertiary alicyclic amines) is 1. The van der Waals surface area contributed by atoms with E-state index in [1.165, 1.54) is 6.07 Å². The summed E-state index contributed by atoms with van der Waals surface area (Å²) >= 11 is 0. The summed E-state index contributed by atoms with van der Waals surface area (Å²) < 4.78 is 11.3. The summed E-state index contributed by atoms with van der Waals surface area (Å²) in [7, 11) is 0. The van der Waals surface area contributed by atoms with E-state index in [2.05, 4.69) is 0 Å². The number of aryl methyl sites for hydroxylation is 2. The molecule has 1 aliphatic carbocycles. The number of amides is 1. The molecule has 0 spiro atoms. The molecule has 2 atom stereocenters. The number of rotatable bonds is 4. The predicted molar refractivity (Wildman–Crippen MR) is 110 cm³/mol. The fraction of sp³-hybridized carbons (Fsp3) is 0.565. The Balaban J connectivity index is 1.51. The Labute approximate surface area is 170 Å². The van der Waals surface area contributed by atoms with Crippen molar-refractivity contribution in [3.05, 3.63) is 39.7 Å². The van der Waals surface area contributed by atoms with Crippen LogP contribution in [0, 0.1) is 12.8 Å². The number of benzene rings is 1. The maximum absolute atomic E-state index is 12.8. The first-order valence-corrected chi connectivity index (χ1v) is 10.6. The summed E-state index contributed by atoms with van der Waals surface area (Å²) in [6, 6.07) is 5.19. The summed E-state index contributed by atoms with van der Waals surface area (Å²) in [6.45, 7) is 4.98. The molecule has 0 bridgehead atoms. The normalized spacial score (nSPS) is 24.4. The van der Waals surface area contributed by atoms with E-state index in [0.717, 1.165) is 42.2 Å². The molecule has 1 saturated carbocycles. The van der Waals surface area contributed by atoms with Crippen LogP contribution in [0.25, 0.3) is 11.0 Å². The Morgan fingerprint density at radius 2 is 2.14 bits per heavy atom. The molecule has 1 saturated heterocycles. The smallest absolute Gasteiger partial charge is 0.336 e. The van der Waals surface area contributed by atoms with E-state index in [0.29, 0.717) is 37.3 Å². The van der Waals surface area contributed by atoms with Crippen LogP contribution in [0.2, 0.25) is 0 Å². The molecule has 2 aromatic rings. The van der Waals surface area contributed by atoms with E-state index >= 15 is 0 Å². The van der Waals surface area contributed by atoms with Gasteiger partial charge >= 0.3 is 5.63 Å². The van der Waals surface area contributed by atoms with Crippen molar-refractivity contribution >= 4 is 16.9 Å². The molecule has 2 aliphatic rings. The number of nitrogens with zero attached hydrogens (tertiary/aromatic N) is 1. The molecule has 29 heavy (non-hydrogen) atoms. The van der Waals surface area contributed by atoms with Crippen LogP contribution >= 0.6 is 0 Å². The molecule has 2 fully saturated rings. The lowest BCUT2D eigenvalue weighted by Crippen LogP contribution is -2.55. The second kappa shape index (κ2) is 7.82. The largest absolute Gasteiger partial charge is 0.483 e. The van der Waals surface area contributed by atoms with Crippen molar-refractivity contribution in [3.8, 4) is 5.75 Å². The Hall–Kier alpha value is -2.34. The molecule has 156 valence electrons. The van der Waals surface area contributed by atoms with Gasteiger partial charge < -0.3 is 19.2 Å². The number of fused-ring (bicyclic) bond motifs is 2. The van der Waals surface area contributed by atoms with Crippen molar-refractivity contribution in [1.82, 2.24) is 4.90 Å². The zero-order chi connectivity index (χ0) is 20.6. The first-order chi connectivity index (χ1) is 13.9. The van der Waals surface area contributed by atoms with Crippen LogP contribution in [0.15, 0.2) is 27.4 Å². The van der Waals surface area contributed by atoms with Gasteiger partial charge in [0.25, 0.3) is 5.91 Å². The van der Waals surface area contributed by atoms with Crippen molar-refractivity contribution in [2.75, 3.05) is 19.7 Å². The van der Waals surface area contributed by atoms with Crippen molar-refractivity contribution < 1.29 is 19.1 Å². The van der Waals surface area contributed by atoms with E-state index in [4.69, 9.17) is 9.15 Å². The summed E-state index contributed by atoms with van der Waals surface area (Å²) in [5, 5.41) is 11.6. The molecule has 1 N–H and O–H groups in total. The topological polar surface area (TPSA) is 80.0 Å². The first-order valence-electron chi connectivity index (χ1n) is 10.6. The molecule has 1 amide bonds. The molecule has 2 heterocycles. The lowest BCUT2D eigenvalue weighted by atomic mass is 9.71. The third kappa shape index (κ3) is 3.90. The van der Waals surface area contributed by atoms with Gasteiger partial charge in [0, 0.05) is 25.1 Å². The highest BCUT2D eigenvalue weighted by atomic mass is 16.5. The Bertz CT molecular complexity index is 981. The molecular weight excluding hydrogens is 370 g/mol. The van der Waals surface area contributed by atoms with Crippen LogP contribution in [-0.2, 0) is 11.2 Å². The van der Waals surface area contributed by atoms with Crippen molar-refractivity contribution in [2.45, 2.75) is 58.0 Å². The highest BCUT2D eigenvalue weighted by Gasteiger charge is 2.43. The second-order valence-electron chi connectivity index (χ2n) is 8.51. The lowest BCUT2D eigenvalue weighted by Gasteiger charge is -2.47. The zero-order valence-electron chi connectivity index (χ0n) is 17.2. The van der Waals surface area contributed by atoms with Crippen LogP contribution in [0.1, 0.15) is 50.2 Å². The molecule has 4 rings (SSSR count). The fourth-order valence-corrected chi connectivity index (χ4v) is 4.89. The third-order valence-corrected chi connectivity index (χ3v) is 6.55. The molecule has 6 nitrogen and oxygen atoms in total. The van der Waals surface area contributed by atoms with Gasteiger partial charge in [0.15, 0.2) is 6.61 Å².